The SMILES string of the molecule is Nc1nn[c-]s1.[Y]. The van der Waals surface area contributed by atoms with Crippen molar-refractivity contribution in [3.63, 3.8) is 0 Å². The van der Waals surface area contributed by atoms with Crippen LogP contribution < -0.4 is 5.73 Å². The van der Waals surface area contributed by atoms with Crippen molar-refractivity contribution in [1.82, 2.24) is 10.2 Å². The van der Waals surface area contributed by atoms with Crippen LogP contribution in [0.2, 0.25) is 0 Å². The average molecular weight is 189 g/mol. The van der Waals surface area contributed by atoms with E-state index in [1.54, 1.807) is 0 Å². The van der Waals surface area contributed by atoms with Crippen LogP contribution in [0, 0.1) is 5.51 Å². The summed E-state index contributed by atoms with van der Waals surface area (Å²) in [5, 5.41) is 7.22. The summed E-state index contributed by atoms with van der Waals surface area (Å²) in [5.41, 5.74) is 7.58. The minimum absolute atomic E-state index is 0. The van der Waals surface area contributed by atoms with Crippen LogP contribution >= 0.6 is 11.3 Å². The monoisotopic (exact) mass is 189 g/mol. The van der Waals surface area contributed by atoms with E-state index in [1.807, 2.05) is 0 Å². The van der Waals surface area contributed by atoms with E-state index in [-0.39, 0.29) is 32.7 Å². The maximum absolute atomic E-state index is 5.09. The molecule has 1 aromatic rings. The predicted octanol–water partition coefficient (Wildman–Crippen LogP) is -0.0820. The number of hydrogen-bond acceptors (Lipinski definition) is 4. The molecule has 1 heterocycles. The van der Waals surface area contributed by atoms with Gasteiger partial charge in [0.05, 0.1) is 0 Å². The van der Waals surface area contributed by atoms with Crippen molar-refractivity contribution in [2.75, 3.05) is 5.73 Å². The minimum Gasteiger partial charge on any atom is -0.450 e. The molecule has 0 saturated carbocycles. The van der Waals surface area contributed by atoms with Crippen molar-refractivity contribution in [3.05, 3.63) is 5.51 Å². The Balaban J connectivity index is 0.000000360. The fraction of sp³-hybridized carbons (Fsp3) is 0. The summed E-state index contributed by atoms with van der Waals surface area (Å²) in [7, 11) is 0. The van der Waals surface area contributed by atoms with E-state index in [0.717, 1.165) is 0 Å². The molecule has 0 fully saturated rings. The molecule has 0 aliphatic heterocycles. The van der Waals surface area contributed by atoms with Gasteiger partial charge < -0.3 is 5.73 Å². The van der Waals surface area contributed by atoms with Crippen LogP contribution in [0.4, 0.5) is 5.13 Å². The Labute approximate surface area is 70.2 Å². The molecular formula is C2H2N3SY-. The van der Waals surface area contributed by atoms with Gasteiger partial charge in [-0.2, -0.15) is 0 Å². The second-order valence-corrected chi connectivity index (χ2v) is 1.54. The molecule has 3 nitrogen and oxygen atoms in total. The third kappa shape index (κ3) is 2.31. The van der Waals surface area contributed by atoms with Gasteiger partial charge in [-0.05, 0) is 0 Å². The number of rotatable bonds is 0. The van der Waals surface area contributed by atoms with E-state index in [9.17, 15) is 0 Å². The van der Waals surface area contributed by atoms with Crippen molar-refractivity contribution in [3.8, 4) is 0 Å². The Bertz CT molecular complexity index is 116. The smallest absolute Gasteiger partial charge is 0.0453 e. The second-order valence-electron chi connectivity index (χ2n) is 0.732. The number of nitrogens with two attached hydrogens (primary N) is 1. The van der Waals surface area contributed by atoms with E-state index < -0.39 is 0 Å². The third-order valence-electron chi connectivity index (χ3n) is 0.340. The number of aromatic nitrogens is 2. The molecule has 1 aromatic heterocycles. The quantitative estimate of drug-likeness (QED) is 0.580. The fourth-order valence-electron chi connectivity index (χ4n) is 0.157. The summed E-state index contributed by atoms with van der Waals surface area (Å²) in [6.45, 7) is 0. The summed E-state index contributed by atoms with van der Waals surface area (Å²) >= 11 is 1.21. The van der Waals surface area contributed by atoms with Crippen LogP contribution in [0.15, 0.2) is 0 Å². The van der Waals surface area contributed by atoms with E-state index in [1.165, 1.54) is 11.3 Å². The summed E-state index contributed by atoms with van der Waals surface area (Å²) < 4.78 is 0. The molecule has 0 amide bonds. The van der Waals surface area contributed by atoms with Crippen molar-refractivity contribution in [1.29, 1.82) is 0 Å². The molecule has 1 radical (unpaired) electrons. The number of anilines is 1. The van der Waals surface area contributed by atoms with Crippen LogP contribution in [-0.4, -0.2) is 10.2 Å². The second kappa shape index (κ2) is 3.46. The first-order valence-corrected chi connectivity index (χ1v) is 2.16. The summed E-state index contributed by atoms with van der Waals surface area (Å²) in [6.07, 6.45) is 0. The van der Waals surface area contributed by atoms with Gasteiger partial charge in [0.15, 0.2) is 0 Å². The van der Waals surface area contributed by atoms with Gasteiger partial charge in [0, 0.05) is 37.8 Å². The Morgan fingerprint density at radius 2 is 2.43 bits per heavy atom. The van der Waals surface area contributed by atoms with Crippen LogP contribution in [0.25, 0.3) is 0 Å². The standard InChI is InChI=1S/C2H2N3S.Y/c3-2-5-4-1-6-2;/h(H2,3,5);/q-1;. The summed E-state index contributed by atoms with van der Waals surface area (Å²) in [6, 6.07) is 0. The summed E-state index contributed by atoms with van der Waals surface area (Å²) in [5.74, 6) is 0. The van der Waals surface area contributed by atoms with Crippen LogP contribution in [0.5, 0.6) is 0 Å². The first-order chi connectivity index (χ1) is 2.89. The largest absolute Gasteiger partial charge is 0.450 e. The predicted molar refractivity (Wildman–Crippen MR) is 23.2 cm³/mol. The van der Waals surface area contributed by atoms with Crippen molar-refractivity contribution >= 4 is 16.5 Å². The normalized spacial score (nSPS) is 7.43. The molecule has 0 aliphatic carbocycles. The fourth-order valence-corrected chi connectivity index (χ4v) is 0.414. The van der Waals surface area contributed by atoms with Gasteiger partial charge in [-0.25, -0.2) is 5.10 Å². The Kier molecular flexibility index (Phi) is 3.69. The minimum atomic E-state index is 0. The Hall–Kier alpha value is 0.464. The maximum atomic E-state index is 5.09. The van der Waals surface area contributed by atoms with Gasteiger partial charge >= 0.3 is 0 Å². The number of hydrogen-bond donors (Lipinski definition) is 1. The Morgan fingerprint density at radius 3 is 2.57 bits per heavy atom. The molecule has 1 rings (SSSR count). The van der Waals surface area contributed by atoms with E-state index in [0.29, 0.717) is 5.13 Å². The zero-order chi connectivity index (χ0) is 4.41. The molecular weight excluding hydrogens is 187 g/mol. The summed E-state index contributed by atoms with van der Waals surface area (Å²) in [4.78, 5) is 0. The molecule has 0 atom stereocenters. The van der Waals surface area contributed by atoms with E-state index >= 15 is 0 Å². The molecule has 2 N–H and O–H groups in total. The number of nitrogen functional groups attached to an aromatic ring is 1. The first-order valence-electron chi connectivity index (χ1n) is 1.34. The van der Waals surface area contributed by atoms with Gasteiger partial charge in [-0.3, -0.25) is 16.4 Å². The zero-order valence-electron chi connectivity index (χ0n) is 3.46. The Morgan fingerprint density at radius 1 is 1.71 bits per heavy atom. The van der Waals surface area contributed by atoms with Gasteiger partial charge in [-0.1, -0.05) is 5.51 Å². The molecule has 0 spiro atoms. The van der Waals surface area contributed by atoms with Gasteiger partial charge in [0.1, 0.15) is 0 Å². The van der Waals surface area contributed by atoms with E-state index in [2.05, 4.69) is 15.7 Å². The van der Waals surface area contributed by atoms with Crippen molar-refractivity contribution in [2.45, 2.75) is 0 Å². The molecule has 0 saturated heterocycles. The molecule has 35 valence electrons. The van der Waals surface area contributed by atoms with Crippen LogP contribution in [-0.2, 0) is 32.7 Å². The molecule has 7 heavy (non-hydrogen) atoms. The molecule has 5 heteroatoms. The van der Waals surface area contributed by atoms with Gasteiger partial charge in [0.25, 0.3) is 0 Å². The van der Waals surface area contributed by atoms with Crippen LogP contribution in [0.3, 0.4) is 0 Å². The molecule has 0 aliphatic rings. The third-order valence-corrected chi connectivity index (χ3v) is 0.803. The van der Waals surface area contributed by atoms with Gasteiger partial charge in [-0.15, -0.1) is 0 Å². The van der Waals surface area contributed by atoms with Gasteiger partial charge in [0.2, 0.25) is 0 Å². The average Bonchev–Trinajstić information content (AvgIpc) is 1.86. The molecule has 0 unspecified atom stereocenters. The van der Waals surface area contributed by atoms with Crippen LogP contribution in [0.1, 0.15) is 0 Å². The van der Waals surface area contributed by atoms with Crippen molar-refractivity contribution < 1.29 is 32.7 Å². The first kappa shape index (κ1) is 7.46. The molecule has 0 aromatic carbocycles. The molecule has 0 bridgehead atoms. The zero-order valence-corrected chi connectivity index (χ0v) is 7.11. The van der Waals surface area contributed by atoms with Crippen molar-refractivity contribution in [2.24, 2.45) is 0 Å². The maximum Gasteiger partial charge on any atom is 0.0453 e. The van der Waals surface area contributed by atoms with E-state index in [4.69, 9.17) is 5.73 Å². The number of nitrogens with zero attached hydrogens (tertiary/aromatic N) is 2. The topological polar surface area (TPSA) is 51.8 Å².